The fourth-order valence-corrected chi connectivity index (χ4v) is 15.7. The van der Waals surface area contributed by atoms with Crippen LogP contribution in [0.3, 0.4) is 0 Å². The van der Waals surface area contributed by atoms with Crippen LogP contribution in [-0.2, 0) is 66.7 Å². The summed E-state index contributed by atoms with van der Waals surface area (Å²) in [7, 11) is -4.86. The second kappa shape index (κ2) is 25.7. The van der Waals surface area contributed by atoms with Gasteiger partial charge in [-0.2, -0.15) is 8.42 Å². The Bertz CT molecular complexity index is 2530. The van der Waals surface area contributed by atoms with Gasteiger partial charge in [-0.15, -0.1) is 0 Å². The molecule has 0 aromatic rings. The summed E-state index contributed by atoms with van der Waals surface area (Å²) in [5, 5.41) is 123. The number of carbonyl (C=O) groups is 1. The number of allylic oxidation sites excluding steroid dienone is 6. The van der Waals surface area contributed by atoms with E-state index in [9.17, 15) is 73.9 Å². The van der Waals surface area contributed by atoms with Crippen LogP contribution in [0.15, 0.2) is 34.4 Å². The van der Waals surface area contributed by atoms with E-state index in [1.807, 2.05) is 20.8 Å². The third kappa shape index (κ3) is 13.0. The van der Waals surface area contributed by atoms with Crippen molar-refractivity contribution in [3.05, 3.63) is 34.4 Å². The molecule has 0 radical (unpaired) electrons. The molecule has 0 aromatic heterocycles. The quantitative estimate of drug-likeness (QED) is 0.0564. The van der Waals surface area contributed by atoms with Crippen LogP contribution < -0.4 is 0 Å². The maximum atomic E-state index is 13.1. The maximum absolute atomic E-state index is 13.1. The van der Waals surface area contributed by atoms with Crippen molar-refractivity contribution in [1.82, 2.24) is 0 Å². The molecule has 9 aliphatic rings. The zero-order valence-electron chi connectivity index (χ0n) is 49.1. The van der Waals surface area contributed by atoms with E-state index in [4.69, 9.17) is 51.6 Å². The van der Waals surface area contributed by atoms with Gasteiger partial charge in [0.1, 0.15) is 91.6 Å². The molecule has 3 saturated carbocycles. The first kappa shape index (κ1) is 66.3. The molecule has 0 aromatic carbocycles. The largest absolute Gasteiger partial charge is 0.397 e. The third-order valence-electron chi connectivity index (χ3n) is 19.8. The molecule has 27 heteroatoms. The second-order valence-electron chi connectivity index (χ2n) is 25.9. The van der Waals surface area contributed by atoms with E-state index in [1.54, 1.807) is 6.08 Å². The number of hydrogen-bond acceptors (Lipinski definition) is 25. The molecule has 32 atom stereocenters. The normalized spacial score (nSPS) is 51.4. The number of ether oxygens (including phenoxy) is 10. The van der Waals surface area contributed by atoms with E-state index in [0.717, 1.165) is 30.4 Å². The summed E-state index contributed by atoms with van der Waals surface area (Å²) in [6.45, 7) is 17.3. The minimum atomic E-state index is -4.86. The monoisotopic (exact) mass is 1220 g/mol. The summed E-state index contributed by atoms with van der Waals surface area (Å²) >= 11 is 0. The standard InChI is InChI=1S/C57H90O26S/c1-21(2)17-28(58)18-22(3)31-11-12-32-30-20-35(34-19-29(83-84(70,71)72)13-15-57(34,10)33(30)14-16-56(31,32)9)78-53-46(69)48(39(62)26(7)75-53)80-55-50(82-52-44(67)41(64)37(60)24(5)74-52)45(68)47(27(8)77-55)79-54-49(42(65)38(61)25(6)76-54)81-51-43(66)40(63)36(59)23(4)73-51/h14,17,23-27,29-30,32,34-55,59-69H,11-13,15-16,18-20H2,1-10H3,(H,70,71,72). The predicted octanol–water partition coefficient (Wildman–Crippen LogP) is -0.391. The molecule has 32 unspecified atom stereocenters. The van der Waals surface area contributed by atoms with Crippen LogP contribution >= 0.6 is 0 Å². The van der Waals surface area contributed by atoms with Crippen LogP contribution in [0.4, 0.5) is 0 Å². The average molecular weight is 1220 g/mol. The van der Waals surface area contributed by atoms with Gasteiger partial charge in [0.05, 0.1) is 42.7 Å². The average Bonchev–Trinajstić information content (AvgIpc) is 1.33. The lowest BCUT2D eigenvalue weighted by Crippen LogP contribution is -2.68. The number of aliphatic hydroxyl groups is 11. The molecule has 84 heavy (non-hydrogen) atoms. The minimum Gasteiger partial charge on any atom is -0.388 e. The summed E-state index contributed by atoms with van der Waals surface area (Å²) in [6, 6.07) is 0. The molecule has 0 spiro atoms. The van der Waals surface area contributed by atoms with Crippen LogP contribution in [0.5, 0.6) is 0 Å². The number of aliphatic hydroxyl groups excluding tert-OH is 11. The van der Waals surface area contributed by atoms with Crippen LogP contribution in [-0.4, -0.2) is 241 Å². The fraction of sp³-hybridized carbons (Fsp3) is 0.877. The Morgan fingerprint density at radius 2 is 1.05 bits per heavy atom. The highest BCUT2D eigenvalue weighted by molar-refractivity contribution is 7.80. The van der Waals surface area contributed by atoms with Crippen molar-refractivity contribution < 1.29 is 125 Å². The molecule has 26 nitrogen and oxygen atoms in total. The highest BCUT2D eigenvalue weighted by Crippen LogP contribution is 2.66. The zero-order valence-corrected chi connectivity index (χ0v) is 49.9. The Morgan fingerprint density at radius 3 is 1.61 bits per heavy atom. The molecular weight excluding hydrogens is 1130 g/mol. The van der Waals surface area contributed by atoms with Gasteiger partial charge >= 0.3 is 10.4 Å². The Hall–Kier alpha value is -2.08. The summed E-state index contributed by atoms with van der Waals surface area (Å²) in [5.41, 5.74) is 3.52. The van der Waals surface area contributed by atoms with Crippen molar-refractivity contribution in [2.45, 2.75) is 286 Å². The maximum Gasteiger partial charge on any atom is 0.397 e. The van der Waals surface area contributed by atoms with Gasteiger partial charge in [0, 0.05) is 6.42 Å². The van der Waals surface area contributed by atoms with Crippen molar-refractivity contribution in [2.75, 3.05) is 0 Å². The highest BCUT2D eigenvalue weighted by Gasteiger charge is 2.62. The molecule has 5 aliphatic heterocycles. The van der Waals surface area contributed by atoms with E-state index in [2.05, 4.69) is 19.9 Å². The van der Waals surface area contributed by atoms with Crippen LogP contribution in [0, 0.1) is 28.6 Å². The topological polar surface area (TPSA) is 396 Å². The third-order valence-corrected chi connectivity index (χ3v) is 20.3. The number of carbonyl (C=O) groups excluding carboxylic acids is 1. The molecule has 0 bridgehead atoms. The Kier molecular flexibility index (Phi) is 20.3. The number of hydrogen-bond donors (Lipinski definition) is 12. The number of rotatable bonds is 15. The minimum absolute atomic E-state index is 0.0315. The van der Waals surface area contributed by atoms with Gasteiger partial charge < -0.3 is 104 Å². The number of ketones is 1. The first-order valence-electron chi connectivity index (χ1n) is 29.5. The van der Waals surface area contributed by atoms with Gasteiger partial charge in [-0.1, -0.05) is 42.2 Å². The van der Waals surface area contributed by atoms with Gasteiger partial charge in [0.2, 0.25) is 0 Å². The Morgan fingerprint density at radius 1 is 0.560 bits per heavy atom. The van der Waals surface area contributed by atoms with Crippen molar-refractivity contribution in [2.24, 2.45) is 28.6 Å². The van der Waals surface area contributed by atoms with E-state index >= 15 is 0 Å². The lowest BCUT2D eigenvalue weighted by Gasteiger charge is -2.59. The van der Waals surface area contributed by atoms with E-state index < -0.39 is 187 Å². The fourth-order valence-electron chi connectivity index (χ4n) is 15.2. The zero-order chi connectivity index (χ0) is 61.6. The predicted molar refractivity (Wildman–Crippen MR) is 287 cm³/mol. The van der Waals surface area contributed by atoms with Crippen molar-refractivity contribution in [1.29, 1.82) is 0 Å². The van der Waals surface area contributed by atoms with Crippen LogP contribution in [0.1, 0.15) is 121 Å². The summed E-state index contributed by atoms with van der Waals surface area (Å²) in [6.07, 6.45) is -34.3. The molecule has 5 saturated heterocycles. The second-order valence-corrected chi connectivity index (χ2v) is 26.9. The molecule has 8 fully saturated rings. The highest BCUT2D eigenvalue weighted by atomic mass is 32.3. The molecule has 5 heterocycles. The van der Waals surface area contributed by atoms with Gasteiger partial charge in [-0.25, -0.2) is 4.18 Å². The van der Waals surface area contributed by atoms with Gasteiger partial charge in [-0.05, 0) is 135 Å². The Labute approximate surface area is 489 Å². The van der Waals surface area contributed by atoms with Crippen molar-refractivity contribution >= 4 is 16.2 Å². The van der Waals surface area contributed by atoms with Crippen molar-refractivity contribution in [3.8, 4) is 0 Å². The molecular formula is C57H90O26S. The molecule has 0 amide bonds. The van der Waals surface area contributed by atoms with E-state index in [1.165, 1.54) is 45.8 Å². The lowest BCUT2D eigenvalue weighted by molar-refractivity contribution is -0.406. The molecule has 4 aliphatic carbocycles. The van der Waals surface area contributed by atoms with E-state index in [0.29, 0.717) is 25.7 Å². The van der Waals surface area contributed by atoms with Gasteiger partial charge in [0.25, 0.3) is 0 Å². The first-order chi connectivity index (χ1) is 39.2. The Balaban J connectivity index is 0.996. The lowest BCUT2D eigenvalue weighted by atomic mass is 9.48. The van der Waals surface area contributed by atoms with Crippen molar-refractivity contribution in [3.63, 3.8) is 0 Å². The van der Waals surface area contributed by atoms with Gasteiger partial charge in [0.15, 0.2) is 37.2 Å². The van der Waals surface area contributed by atoms with Crippen LogP contribution in [0.25, 0.3) is 0 Å². The summed E-state index contributed by atoms with van der Waals surface area (Å²) in [4.78, 5) is 13.1. The summed E-state index contributed by atoms with van der Waals surface area (Å²) < 4.78 is 101. The van der Waals surface area contributed by atoms with Gasteiger partial charge in [-0.3, -0.25) is 9.35 Å². The van der Waals surface area contributed by atoms with Crippen LogP contribution in [0.2, 0.25) is 0 Å². The van der Waals surface area contributed by atoms with E-state index in [-0.39, 0.29) is 29.5 Å². The molecule has 480 valence electrons. The SMILES string of the molecule is CC(C)=CC(=O)CC(C)=C1CCC2C3CC(OC4OC(C)C(O)C(OC5OC(C)C(OC6OC(C)C(O)C(O)C6OC6OC(C)C(O)C(O)C6O)C(O)C5OC5OC(C)C(O)C(O)C5O)C4O)C4CC(OS(=O)(=O)O)CCC4(C)C3=CCC12C. The molecule has 12 N–H and O–H groups in total. The summed E-state index contributed by atoms with van der Waals surface area (Å²) in [5.74, 6) is -0.378. The smallest absolute Gasteiger partial charge is 0.388 e. The number of fused-ring (bicyclic) bond motifs is 5. The first-order valence-corrected chi connectivity index (χ1v) is 30.9. The molecule has 9 rings (SSSR count).